The first kappa shape index (κ1) is 10.6. The van der Waals surface area contributed by atoms with Gasteiger partial charge in [0.15, 0.2) is 0 Å². The third-order valence-electron chi connectivity index (χ3n) is 2.94. The fourth-order valence-corrected chi connectivity index (χ4v) is 1.91. The Labute approximate surface area is 95.6 Å². The highest BCUT2D eigenvalue weighted by Crippen LogP contribution is 2.24. The molecule has 1 unspecified atom stereocenters. The van der Waals surface area contributed by atoms with Crippen LogP contribution in [0.4, 0.5) is 0 Å². The first-order chi connectivity index (χ1) is 7.63. The summed E-state index contributed by atoms with van der Waals surface area (Å²) in [5, 5.41) is 11.3. The van der Waals surface area contributed by atoms with Crippen molar-refractivity contribution in [1.29, 1.82) is 5.26 Å². The number of pyridine rings is 1. The van der Waals surface area contributed by atoms with Crippen LogP contribution >= 0.6 is 0 Å². The molecule has 1 heterocycles. The predicted molar refractivity (Wildman–Crippen MR) is 65.2 cm³/mol. The van der Waals surface area contributed by atoms with Crippen LogP contribution in [0.25, 0.3) is 10.8 Å². The molecule has 1 aromatic heterocycles. The molecule has 0 saturated heterocycles. The van der Waals surface area contributed by atoms with Crippen molar-refractivity contribution in [3.05, 3.63) is 41.2 Å². The molecule has 2 aromatic rings. The smallest absolute Gasteiger partial charge is 0.0857 e. The number of benzene rings is 1. The zero-order chi connectivity index (χ0) is 11.7. The van der Waals surface area contributed by atoms with Crippen molar-refractivity contribution in [3.8, 4) is 6.07 Å². The van der Waals surface area contributed by atoms with Gasteiger partial charge in [-0.3, -0.25) is 4.98 Å². The lowest BCUT2D eigenvalue weighted by molar-refractivity contribution is 0.913. The molecule has 0 spiro atoms. The molecule has 2 heteroatoms. The van der Waals surface area contributed by atoms with Crippen LogP contribution in [0, 0.1) is 25.2 Å². The van der Waals surface area contributed by atoms with E-state index in [1.54, 1.807) is 0 Å². The van der Waals surface area contributed by atoms with Crippen LogP contribution in [-0.2, 0) is 0 Å². The number of fused-ring (bicyclic) bond motifs is 1. The maximum absolute atomic E-state index is 8.93. The maximum atomic E-state index is 8.93. The molecular weight excluding hydrogens is 196 g/mol. The Bertz CT molecular complexity index is 579. The van der Waals surface area contributed by atoms with Crippen LogP contribution in [0.5, 0.6) is 0 Å². The molecule has 0 aliphatic carbocycles. The number of rotatable bonds is 1. The van der Waals surface area contributed by atoms with Crippen LogP contribution < -0.4 is 0 Å². The van der Waals surface area contributed by atoms with E-state index < -0.39 is 0 Å². The third kappa shape index (κ3) is 1.65. The first-order valence-electron chi connectivity index (χ1n) is 5.40. The molecule has 0 saturated carbocycles. The molecule has 0 radical (unpaired) electrons. The SMILES string of the molecule is Cc1cccc2c(C)nc(C(C)C#N)cc12. The number of nitrogens with zero attached hydrogens (tertiary/aromatic N) is 2. The molecule has 0 aliphatic heterocycles. The zero-order valence-electron chi connectivity index (χ0n) is 9.78. The van der Waals surface area contributed by atoms with Crippen LogP contribution in [0.1, 0.15) is 29.8 Å². The number of nitriles is 1. The predicted octanol–water partition coefficient (Wildman–Crippen LogP) is 3.48. The molecule has 0 amide bonds. The fourth-order valence-electron chi connectivity index (χ4n) is 1.91. The van der Waals surface area contributed by atoms with Crippen LogP contribution in [0.15, 0.2) is 24.3 Å². The van der Waals surface area contributed by atoms with Crippen molar-refractivity contribution in [2.45, 2.75) is 26.7 Å². The van der Waals surface area contributed by atoms with Gasteiger partial charge < -0.3 is 0 Å². The van der Waals surface area contributed by atoms with Gasteiger partial charge in [0.05, 0.1) is 17.7 Å². The van der Waals surface area contributed by atoms with Crippen LogP contribution in [-0.4, -0.2) is 4.98 Å². The average molecular weight is 210 g/mol. The van der Waals surface area contributed by atoms with E-state index in [1.165, 1.54) is 16.3 Å². The number of aromatic nitrogens is 1. The second-order valence-electron chi connectivity index (χ2n) is 4.15. The summed E-state index contributed by atoms with van der Waals surface area (Å²) in [5.74, 6) is -0.150. The van der Waals surface area contributed by atoms with Gasteiger partial charge in [0.2, 0.25) is 0 Å². The summed E-state index contributed by atoms with van der Waals surface area (Å²) in [7, 11) is 0. The fraction of sp³-hybridized carbons (Fsp3) is 0.286. The van der Waals surface area contributed by atoms with E-state index >= 15 is 0 Å². The molecule has 1 atom stereocenters. The van der Waals surface area contributed by atoms with Gasteiger partial charge in [-0.2, -0.15) is 5.26 Å². The lowest BCUT2D eigenvalue weighted by Gasteiger charge is -2.09. The van der Waals surface area contributed by atoms with Gasteiger partial charge in [0, 0.05) is 11.1 Å². The summed E-state index contributed by atoms with van der Waals surface area (Å²) in [5.41, 5.74) is 3.09. The van der Waals surface area contributed by atoms with E-state index in [0.717, 1.165) is 11.4 Å². The molecule has 2 nitrogen and oxygen atoms in total. The van der Waals surface area contributed by atoms with Gasteiger partial charge >= 0.3 is 0 Å². The number of hydrogen-bond acceptors (Lipinski definition) is 2. The minimum atomic E-state index is -0.150. The van der Waals surface area contributed by atoms with E-state index in [4.69, 9.17) is 5.26 Å². The number of hydrogen-bond donors (Lipinski definition) is 0. The van der Waals surface area contributed by atoms with E-state index in [1.807, 2.05) is 26.0 Å². The van der Waals surface area contributed by atoms with Crippen molar-refractivity contribution in [1.82, 2.24) is 4.98 Å². The summed E-state index contributed by atoms with van der Waals surface area (Å²) in [6.45, 7) is 5.96. The Morgan fingerprint density at radius 2 is 2.00 bits per heavy atom. The first-order valence-corrected chi connectivity index (χ1v) is 5.40. The van der Waals surface area contributed by atoms with Crippen molar-refractivity contribution >= 4 is 10.8 Å². The van der Waals surface area contributed by atoms with E-state index in [9.17, 15) is 0 Å². The Morgan fingerprint density at radius 1 is 1.25 bits per heavy atom. The Morgan fingerprint density at radius 3 is 2.69 bits per heavy atom. The Balaban J connectivity index is 2.76. The van der Waals surface area contributed by atoms with Crippen molar-refractivity contribution in [3.63, 3.8) is 0 Å². The topological polar surface area (TPSA) is 36.7 Å². The summed E-state index contributed by atoms with van der Waals surface area (Å²) in [4.78, 5) is 4.49. The third-order valence-corrected chi connectivity index (χ3v) is 2.94. The minimum absolute atomic E-state index is 0.150. The second-order valence-corrected chi connectivity index (χ2v) is 4.15. The van der Waals surface area contributed by atoms with Gasteiger partial charge in [-0.1, -0.05) is 18.2 Å². The van der Waals surface area contributed by atoms with Crippen molar-refractivity contribution in [2.24, 2.45) is 0 Å². The highest BCUT2D eigenvalue weighted by Gasteiger charge is 2.09. The highest BCUT2D eigenvalue weighted by molar-refractivity contribution is 5.87. The standard InChI is InChI=1S/C14H14N2/c1-9-5-4-6-12-11(3)16-14(7-13(9)12)10(2)8-15/h4-7,10H,1-3H3. The summed E-state index contributed by atoms with van der Waals surface area (Å²) in [6, 6.07) is 10.5. The van der Waals surface area contributed by atoms with Gasteiger partial charge in [-0.15, -0.1) is 0 Å². The molecule has 80 valence electrons. The Hall–Kier alpha value is -1.88. The van der Waals surface area contributed by atoms with Crippen molar-refractivity contribution < 1.29 is 0 Å². The van der Waals surface area contributed by atoms with Gasteiger partial charge in [-0.05, 0) is 37.8 Å². The summed E-state index contributed by atoms with van der Waals surface area (Å²) in [6.07, 6.45) is 0. The highest BCUT2D eigenvalue weighted by atomic mass is 14.7. The zero-order valence-corrected chi connectivity index (χ0v) is 9.78. The summed E-state index contributed by atoms with van der Waals surface area (Å²) >= 11 is 0. The molecule has 2 rings (SSSR count). The van der Waals surface area contributed by atoms with Crippen LogP contribution in [0.2, 0.25) is 0 Å². The second kappa shape index (κ2) is 3.94. The molecule has 0 fully saturated rings. The quantitative estimate of drug-likeness (QED) is 0.722. The maximum Gasteiger partial charge on any atom is 0.0857 e. The molecule has 0 bridgehead atoms. The van der Waals surface area contributed by atoms with Gasteiger partial charge in [-0.25, -0.2) is 0 Å². The average Bonchev–Trinajstić information content (AvgIpc) is 2.29. The van der Waals surface area contributed by atoms with E-state index in [0.29, 0.717) is 0 Å². The molecule has 1 aromatic carbocycles. The van der Waals surface area contributed by atoms with Gasteiger partial charge in [0.25, 0.3) is 0 Å². The monoisotopic (exact) mass is 210 g/mol. The molecule has 16 heavy (non-hydrogen) atoms. The minimum Gasteiger partial charge on any atom is -0.256 e. The van der Waals surface area contributed by atoms with Crippen LogP contribution in [0.3, 0.4) is 0 Å². The normalized spacial score (nSPS) is 12.4. The largest absolute Gasteiger partial charge is 0.256 e. The molecule has 0 N–H and O–H groups in total. The lowest BCUT2D eigenvalue weighted by Crippen LogP contribution is -1.97. The Kier molecular flexibility index (Phi) is 2.62. The molecular formula is C14H14N2. The molecule has 0 aliphatic rings. The van der Waals surface area contributed by atoms with E-state index in [2.05, 4.69) is 30.1 Å². The van der Waals surface area contributed by atoms with Crippen molar-refractivity contribution in [2.75, 3.05) is 0 Å². The lowest BCUT2D eigenvalue weighted by atomic mass is 10.0. The number of aryl methyl sites for hydroxylation is 2. The van der Waals surface area contributed by atoms with Gasteiger partial charge in [0.1, 0.15) is 0 Å². The van der Waals surface area contributed by atoms with E-state index in [-0.39, 0.29) is 5.92 Å². The summed E-state index contributed by atoms with van der Waals surface area (Å²) < 4.78 is 0.